The van der Waals surface area contributed by atoms with Crippen molar-refractivity contribution in [3.05, 3.63) is 93.3 Å². The maximum atomic E-state index is 13.2. The molecule has 1 aliphatic rings. The van der Waals surface area contributed by atoms with Crippen molar-refractivity contribution in [2.45, 2.75) is 26.3 Å². The Morgan fingerprint density at radius 1 is 1.06 bits per heavy atom. The number of imide groups is 1. The molecule has 1 aliphatic heterocycles. The van der Waals surface area contributed by atoms with Crippen molar-refractivity contribution in [2.75, 3.05) is 6.54 Å². The molecule has 1 saturated heterocycles. The van der Waals surface area contributed by atoms with E-state index >= 15 is 0 Å². The smallest absolute Gasteiger partial charge is 0.319 e. The van der Waals surface area contributed by atoms with E-state index in [1.807, 2.05) is 48.7 Å². The van der Waals surface area contributed by atoms with Crippen LogP contribution >= 0.6 is 0 Å². The van der Waals surface area contributed by atoms with Crippen LogP contribution in [0.15, 0.2) is 60.7 Å². The standard InChI is InChI=1S/C24H22N4O5/c1-15-13-20(16(2)27(15)18-7-5-4-6-8-18)21(29)14-26-22(30)24(3,25-23(26)31)17-9-11-19(12-10-17)28(32)33/h4-13H,14H2,1-3H3,(H,25,31). The van der Waals surface area contributed by atoms with Gasteiger partial charge in [0.25, 0.3) is 11.6 Å². The highest BCUT2D eigenvalue weighted by Gasteiger charge is 2.49. The highest BCUT2D eigenvalue weighted by atomic mass is 16.6. The number of carbonyl (C=O) groups excluding carboxylic acids is 3. The fraction of sp³-hybridized carbons (Fsp3) is 0.208. The minimum atomic E-state index is -1.42. The summed E-state index contributed by atoms with van der Waals surface area (Å²) < 4.78 is 1.94. The molecule has 1 unspecified atom stereocenters. The second-order valence-corrected chi connectivity index (χ2v) is 8.13. The van der Waals surface area contributed by atoms with Gasteiger partial charge < -0.3 is 9.88 Å². The highest BCUT2D eigenvalue weighted by molar-refractivity contribution is 6.11. The molecule has 168 valence electrons. The van der Waals surface area contributed by atoms with Crippen molar-refractivity contribution in [1.82, 2.24) is 14.8 Å². The summed E-state index contributed by atoms with van der Waals surface area (Å²) in [7, 11) is 0. The third-order valence-electron chi connectivity index (χ3n) is 5.98. The molecule has 0 spiro atoms. The Balaban J connectivity index is 1.59. The van der Waals surface area contributed by atoms with Crippen LogP contribution in [0.1, 0.15) is 34.2 Å². The highest BCUT2D eigenvalue weighted by Crippen LogP contribution is 2.30. The number of nitro benzene ring substituents is 1. The maximum absolute atomic E-state index is 13.2. The van der Waals surface area contributed by atoms with Gasteiger partial charge in [-0.1, -0.05) is 18.2 Å². The summed E-state index contributed by atoms with van der Waals surface area (Å²) in [5.41, 5.74) is 1.76. The van der Waals surface area contributed by atoms with Crippen LogP contribution in [0.4, 0.5) is 10.5 Å². The number of amides is 3. The quantitative estimate of drug-likeness (QED) is 0.269. The number of benzene rings is 2. The fourth-order valence-electron chi connectivity index (χ4n) is 4.20. The van der Waals surface area contributed by atoms with Crippen LogP contribution in [0.25, 0.3) is 5.69 Å². The van der Waals surface area contributed by atoms with Crippen LogP contribution in [-0.2, 0) is 10.3 Å². The average molecular weight is 446 g/mol. The normalized spacial score (nSPS) is 17.8. The minimum absolute atomic E-state index is 0.125. The van der Waals surface area contributed by atoms with Gasteiger partial charge in [-0.15, -0.1) is 0 Å². The first-order valence-electron chi connectivity index (χ1n) is 10.3. The number of Topliss-reactive ketones (excluding diaryl/α,β-unsaturated/α-hetero) is 1. The lowest BCUT2D eigenvalue weighted by Gasteiger charge is -2.22. The van der Waals surface area contributed by atoms with Crippen molar-refractivity contribution in [1.29, 1.82) is 0 Å². The number of aryl methyl sites for hydroxylation is 1. The molecule has 0 bridgehead atoms. The summed E-state index contributed by atoms with van der Waals surface area (Å²) >= 11 is 0. The van der Waals surface area contributed by atoms with Crippen molar-refractivity contribution in [2.24, 2.45) is 0 Å². The van der Waals surface area contributed by atoms with Gasteiger partial charge in [-0.3, -0.25) is 24.6 Å². The fourth-order valence-corrected chi connectivity index (χ4v) is 4.20. The van der Waals surface area contributed by atoms with Gasteiger partial charge in [-0.05, 0) is 56.7 Å². The number of nitrogens with zero attached hydrogens (tertiary/aromatic N) is 3. The zero-order valence-corrected chi connectivity index (χ0v) is 18.4. The molecule has 1 N–H and O–H groups in total. The van der Waals surface area contributed by atoms with Crippen LogP contribution in [0.3, 0.4) is 0 Å². The molecule has 0 radical (unpaired) electrons. The van der Waals surface area contributed by atoms with Crippen LogP contribution in [0, 0.1) is 24.0 Å². The molecular formula is C24H22N4O5. The molecule has 9 nitrogen and oxygen atoms in total. The monoisotopic (exact) mass is 446 g/mol. The first kappa shape index (κ1) is 21.9. The number of carbonyl (C=O) groups is 3. The van der Waals surface area contributed by atoms with Gasteiger partial charge >= 0.3 is 6.03 Å². The second-order valence-electron chi connectivity index (χ2n) is 8.13. The van der Waals surface area contributed by atoms with E-state index in [4.69, 9.17) is 0 Å². The molecule has 3 amide bonds. The number of ketones is 1. The lowest BCUT2D eigenvalue weighted by atomic mass is 9.92. The average Bonchev–Trinajstić information content (AvgIpc) is 3.21. The Bertz CT molecular complexity index is 1280. The number of urea groups is 1. The number of nitrogens with one attached hydrogen (secondary N) is 1. The molecule has 9 heteroatoms. The second kappa shape index (κ2) is 8.01. The molecule has 1 fully saturated rings. The number of aromatic nitrogens is 1. The van der Waals surface area contributed by atoms with Crippen molar-refractivity contribution < 1.29 is 19.3 Å². The summed E-state index contributed by atoms with van der Waals surface area (Å²) in [6.07, 6.45) is 0. The first-order valence-corrected chi connectivity index (χ1v) is 10.3. The number of para-hydroxylation sites is 1. The number of hydrogen-bond acceptors (Lipinski definition) is 5. The SMILES string of the molecule is Cc1cc(C(=O)CN2C(=O)NC(C)(c3ccc([N+](=O)[O-])cc3)C2=O)c(C)n1-c1ccccc1. The summed E-state index contributed by atoms with van der Waals surface area (Å²) in [6.45, 7) is 4.81. The van der Waals surface area contributed by atoms with Crippen LogP contribution < -0.4 is 5.32 Å². The van der Waals surface area contributed by atoms with Crippen LogP contribution in [-0.4, -0.2) is 38.7 Å². The molecule has 2 heterocycles. The van der Waals surface area contributed by atoms with Gasteiger partial charge in [0.15, 0.2) is 5.78 Å². The van der Waals surface area contributed by atoms with Crippen molar-refractivity contribution in [3.63, 3.8) is 0 Å². The third-order valence-corrected chi connectivity index (χ3v) is 5.98. The Hall–Kier alpha value is -4.27. The third kappa shape index (κ3) is 3.67. The van der Waals surface area contributed by atoms with Gasteiger partial charge in [-0.2, -0.15) is 0 Å². The Morgan fingerprint density at radius 3 is 2.30 bits per heavy atom. The van der Waals surface area contributed by atoms with Crippen molar-refractivity contribution >= 4 is 23.4 Å². The molecule has 4 rings (SSSR count). The Kier molecular flexibility index (Phi) is 5.33. The topological polar surface area (TPSA) is 115 Å². The van der Waals surface area contributed by atoms with E-state index in [1.54, 1.807) is 6.07 Å². The van der Waals surface area contributed by atoms with E-state index in [9.17, 15) is 24.5 Å². The molecule has 0 saturated carbocycles. The first-order chi connectivity index (χ1) is 15.6. The number of nitro groups is 1. The predicted molar refractivity (Wildman–Crippen MR) is 120 cm³/mol. The van der Waals surface area contributed by atoms with E-state index in [2.05, 4.69) is 5.32 Å². The van der Waals surface area contributed by atoms with E-state index in [-0.39, 0.29) is 11.5 Å². The van der Waals surface area contributed by atoms with E-state index < -0.39 is 28.9 Å². The summed E-state index contributed by atoms with van der Waals surface area (Å²) in [5.74, 6) is -0.951. The predicted octanol–water partition coefficient (Wildman–Crippen LogP) is 3.65. The van der Waals surface area contributed by atoms with Gasteiger partial charge in [-0.25, -0.2) is 4.79 Å². The molecule has 3 aromatic rings. The molecule has 33 heavy (non-hydrogen) atoms. The number of non-ortho nitro benzene ring substituents is 1. The molecule has 0 aliphatic carbocycles. The molecular weight excluding hydrogens is 424 g/mol. The minimum Gasteiger partial charge on any atom is -0.319 e. The zero-order chi connectivity index (χ0) is 23.9. The van der Waals surface area contributed by atoms with Gasteiger partial charge in [0, 0.05) is 34.8 Å². The van der Waals surface area contributed by atoms with Gasteiger partial charge in [0.05, 0.1) is 11.5 Å². The van der Waals surface area contributed by atoms with Gasteiger partial charge in [0.2, 0.25) is 0 Å². The number of hydrogen-bond donors (Lipinski definition) is 1. The Labute approximate surface area is 189 Å². The van der Waals surface area contributed by atoms with Crippen molar-refractivity contribution in [3.8, 4) is 5.69 Å². The number of rotatable bonds is 6. The lowest BCUT2D eigenvalue weighted by Crippen LogP contribution is -2.41. The van der Waals surface area contributed by atoms with Crippen LogP contribution in [0.5, 0.6) is 0 Å². The summed E-state index contributed by atoms with van der Waals surface area (Å²) in [6, 6.07) is 16.0. The Morgan fingerprint density at radius 2 is 1.70 bits per heavy atom. The summed E-state index contributed by atoms with van der Waals surface area (Å²) in [5, 5.41) is 13.5. The molecule has 1 aromatic heterocycles. The molecule has 1 atom stereocenters. The van der Waals surface area contributed by atoms with E-state index in [0.29, 0.717) is 16.8 Å². The van der Waals surface area contributed by atoms with E-state index in [1.165, 1.54) is 31.2 Å². The zero-order valence-electron chi connectivity index (χ0n) is 18.4. The van der Waals surface area contributed by atoms with E-state index in [0.717, 1.165) is 16.3 Å². The largest absolute Gasteiger partial charge is 0.325 e. The molecule has 2 aromatic carbocycles. The maximum Gasteiger partial charge on any atom is 0.325 e. The van der Waals surface area contributed by atoms with Gasteiger partial charge in [0.1, 0.15) is 5.54 Å². The van der Waals surface area contributed by atoms with Crippen LogP contribution in [0.2, 0.25) is 0 Å². The lowest BCUT2D eigenvalue weighted by molar-refractivity contribution is -0.384. The summed E-state index contributed by atoms with van der Waals surface area (Å²) in [4.78, 5) is 50.1.